The molecule has 144 valence electrons. The summed E-state index contributed by atoms with van der Waals surface area (Å²) in [5, 5.41) is 14.3. The van der Waals surface area contributed by atoms with Gasteiger partial charge in [0.2, 0.25) is 0 Å². The molecular formula is C20H20N4O3S. The number of carbonyl (C=O) groups is 2. The van der Waals surface area contributed by atoms with E-state index in [0.29, 0.717) is 23.7 Å². The highest BCUT2D eigenvalue weighted by molar-refractivity contribution is 7.16. The van der Waals surface area contributed by atoms with Gasteiger partial charge in [-0.15, -0.1) is 11.3 Å². The van der Waals surface area contributed by atoms with Crippen LogP contribution in [0.15, 0.2) is 42.7 Å². The van der Waals surface area contributed by atoms with Gasteiger partial charge in [0.1, 0.15) is 15.4 Å². The average Bonchev–Trinajstić information content (AvgIpc) is 3.35. The highest BCUT2D eigenvalue weighted by Gasteiger charge is 2.28. The molecule has 0 radical (unpaired) electrons. The van der Waals surface area contributed by atoms with Crippen LogP contribution < -0.4 is 0 Å². The number of hydrogen-bond donors (Lipinski definition) is 1. The summed E-state index contributed by atoms with van der Waals surface area (Å²) in [5.41, 5.74) is 1.90. The van der Waals surface area contributed by atoms with Crippen molar-refractivity contribution < 1.29 is 14.7 Å². The van der Waals surface area contributed by atoms with Crippen molar-refractivity contribution >= 4 is 23.2 Å². The van der Waals surface area contributed by atoms with Crippen molar-refractivity contribution in [2.45, 2.75) is 25.8 Å². The Balaban J connectivity index is 1.42. The molecule has 0 spiro atoms. The van der Waals surface area contributed by atoms with Crippen molar-refractivity contribution in [3.63, 3.8) is 0 Å². The molecule has 8 heteroatoms. The van der Waals surface area contributed by atoms with E-state index in [4.69, 9.17) is 0 Å². The molecule has 3 aromatic rings. The lowest BCUT2D eigenvalue weighted by Crippen LogP contribution is -2.39. The van der Waals surface area contributed by atoms with Crippen molar-refractivity contribution in [2.75, 3.05) is 13.1 Å². The van der Waals surface area contributed by atoms with E-state index < -0.39 is 5.97 Å². The lowest BCUT2D eigenvalue weighted by molar-refractivity contribution is 0.0691. The number of benzene rings is 1. The Hall–Kier alpha value is -3.00. The molecule has 4 rings (SSSR count). The fraction of sp³-hybridized carbons (Fsp3) is 0.300. The highest BCUT2D eigenvalue weighted by atomic mass is 32.1. The number of hydrogen-bond acceptors (Lipinski definition) is 5. The number of nitrogens with zero attached hydrogens (tertiary/aromatic N) is 4. The lowest BCUT2D eigenvalue weighted by atomic mass is 10.0. The first-order chi connectivity index (χ1) is 13.5. The van der Waals surface area contributed by atoms with E-state index in [1.165, 1.54) is 17.5 Å². The number of carbonyl (C=O) groups excluding carboxylic acids is 1. The van der Waals surface area contributed by atoms with Gasteiger partial charge in [0, 0.05) is 18.7 Å². The second-order valence-corrected chi connectivity index (χ2v) is 7.84. The predicted octanol–water partition coefficient (Wildman–Crippen LogP) is 3.49. The van der Waals surface area contributed by atoms with Gasteiger partial charge in [-0.05, 0) is 19.8 Å². The van der Waals surface area contributed by atoms with Crippen molar-refractivity contribution in [1.29, 1.82) is 0 Å². The summed E-state index contributed by atoms with van der Waals surface area (Å²) in [6.07, 6.45) is 4.55. The Bertz CT molecular complexity index is 1000. The molecular weight excluding hydrogens is 376 g/mol. The van der Waals surface area contributed by atoms with Crippen LogP contribution in [-0.2, 0) is 0 Å². The minimum Gasteiger partial charge on any atom is -0.478 e. The first-order valence-electron chi connectivity index (χ1n) is 9.12. The SMILES string of the molecule is Cc1c(C(=O)O)cnn1C1CCN(C(=O)c2cnc(-c3ccccc3)s2)CC1. The molecule has 0 aliphatic carbocycles. The van der Waals surface area contributed by atoms with E-state index in [0.717, 1.165) is 23.4 Å². The summed E-state index contributed by atoms with van der Waals surface area (Å²) in [5.74, 6) is -0.961. The van der Waals surface area contributed by atoms with E-state index in [2.05, 4.69) is 10.1 Å². The first kappa shape index (κ1) is 18.4. The second-order valence-electron chi connectivity index (χ2n) is 6.81. The zero-order chi connectivity index (χ0) is 19.7. The van der Waals surface area contributed by atoms with Gasteiger partial charge in [0.25, 0.3) is 5.91 Å². The third-order valence-corrected chi connectivity index (χ3v) is 6.14. The Labute approximate surface area is 166 Å². The van der Waals surface area contributed by atoms with E-state index >= 15 is 0 Å². The molecule has 1 aliphatic heterocycles. The molecule has 0 unspecified atom stereocenters. The smallest absolute Gasteiger partial charge is 0.339 e. The summed E-state index contributed by atoms with van der Waals surface area (Å²) in [6.45, 7) is 3.00. The number of aromatic carboxylic acids is 1. The van der Waals surface area contributed by atoms with Crippen molar-refractivity contribution in [2.24, 2.45) is 0 Å². The maximum atomic E-state index is 12.8. The molecule has 7 nitrogen and oxygen atoms in total. The van der Waals surface area contributed by atoms with Crippen LogP contribution >= 0.6 is 11.3 Å². The number of rotatable bonds is 4. The number of likely N-dealkylation sites (tertiary alicyclic amines) is 1. The summed E-state index contributed by atoms with van der Waals surface area (Å²) in [6, 6.07) is 9.94. The number of carboxylic acids is 1. The fourth-order valence-electron chi connectivity index (χ4n) is 3.56. The largest absolute Gasteiger partial charge is 0.478 e. The Morgan fingerprint density at radius 1 is 1.14 bits per heavy atom. The van der Waals surface area contributed by atoms with Crippen LogP contribution in [0.2, 0.25) is 0 Å². The van der Waals surface area contributed by atoms with E-state index in [9.17, 15) is 14.7 Å². The van der Waals surface area contributed by atoms with Crippen molar-refractivity contribution in [3.8, 4) is 10.6 Å². The highest BCUT2D eigenvalue weighted by Crippen LogP contribution is 2.29. The van der Waals surface area contributed by atoms with E-state index in [-0.39, 0.29) is 17.5 Å². The zero-order valence-electron chi connectivity index (χ0n) is 15.4. The van der Waals surface area contributed by atoms with Gasteiger partial charge in [-0.25, -0.2) is 9.78 Å². The van der Waals surface area contributed by atoms with Crippen molar-refractivity contribution in [3.05, 3.63) is 58.9 Å². The quantitative estimate of drug-likeness (QED) is 0.729. The number of piperidine rings is 1. The molecule has 28 heavy (non-hydrogen) atoms. The van der Waals surface area contributed by atoms with Crippen LogP contribution in [0.3, 0.4) is 0 Å². The van der Waals surface area contributed by atoms with Gasteiger partial charge in [0.15, 0.2) is 0 Å². The summed E-state index contributed by atoms with van der Waals surface area (Å²) < 4.78 is 1.78. The molecule has 1 aromatic carbocycles. The van der Waals surface area contributed by atoms with Crippen LogP contribution in [0.4, 0.5) is 0 Å². The van der Waals surface area contributed by atoms with Crippen LogP contribution in [0.1, 0.15) is 44.6 Å². The van der Waals surface area contributed by atoms with Crippen LogP contribution in [0.25, 0.3) is 10.6 Å². The van der Waals surface area contributed by atoms with Crippen LogP contribution in [-0.4, -0.2) is 49.7 Å². The Kier molecular flexibility index (Phi) is 4.95. The maximum Gasteiger partial charge on any atom is 0.339 e. The first-order valence-corrected chi connectivity index (χ1v) is 9.94. The van der Waals surface area contributed by atoms with Crippen LogP contribution in [0, 0.1) is 6.92 Å². The molecule has 1 saturated heterocycles. The van der Waals surface area contributed by atoms with Gasteiger partial charge >= 0.3 is 5.97 Å². The molecule has 0 saturated carbocycles. The summed E-state index contributed by atoms with van der Waals surface area (Å²) in [7, 11) is 0. The standard InChI is InChI=1S/C20H20N4O3S/c1-13-16(20(26)27)11-22-24(13)15-7-9-23(10-8-15)19(25)17-12-21-18(28-17)14-5-3-2-4-6-14/h2-6,11-12,15H,7-10H2,1H3,(H,26,27). The molecule has 0 bridgehead atoms. The topological polar surface area (TPSA) is 88.3 Å². The monoisotopic (exact) mass is 396 g/mol. The number of carboxylic acid groups (broad SMARTS) is 1. The molecule has 3 heterocycles. The van der Waals surface area contributed by atoms with Crippen LogP contribution in [0.5, 0.6) is 0 Å². The predicted molar refractivity (Wildman–Crippen MR) is 106 cm³/mol. The number of aromatic nitrogens is 3. The second kappa shape index (κ2) is 7.55. The van der Waals surface area contributed by atoms with Gasteiger partial charge in [-0.1, -0.05) is 30.3 Å². The van der Waals surface area contributed by atoms with E-state index in [1.54, 1.807) is 17.8 Å². The number of amides is 1. The fourth-order valence-corrected chi connectivity index (χ4v) is 4.45. The Morgan fingerprint density at radius 2 is 1.86 bits per heavy atom. The molecule has 2 aromatic heterocycles. The summed E-state index contributed by atoms with van der Waals surface area (Å²) in [4.78, 5) is 30.9. The minimum absolute atomic E-state index is 0.00143. The average molecular weight is 396 g/mol. The molecule has 0 atom stereocenters. The zero-order valence-corrected chi connectivity index (χ0v) is 16.2. The van der Waals surface area contributed by atoms with Crippen molar-refractivity contribution in [1.82, 2.24) is 19.7 Å². The molecule has 1 aliphatic rings. The normalized spacial score (nSPS) is 15.0. The Morgan fingerprint density at radius 3 is 2.50 bits per heavy atom. The maximum absolute atomic E-state index is 12.8. The molecule has 1 fully saturated rings. The third-order valence-electron chi connectivity index (χ3n) is 5.11. The molecule has 1 N–H and O–H groups in total. The lowest BCUT2D eigenvalue weighted by Gasteiger charge is -2.32. The number of thiazole rings is 1. The van der Waals surface area contributed by atoms with Gasteiger partial charge < -0.3 is 10.0 Å². The summed E-state index contributed by atoms with van der Waals surface area (Å²) >= 11 is 1.41. The van der Waals surface area contributed by atoms with Gasteiger partial charge in [0.05, 0.1) is 24.1 Å². The van der Waals surface area contributed by atoms with E-state index in [1.807, 2.05) is 35.2 Å². The minimum atomic E-state index is -0.962. The van der Waals surface area contributed by atoms with Gasteiger partial charge in [-0.3, -0.25) is 9.48 Å². The third kappa shape index (κ3) is 3.43. The molecule has 1 amide bonds. The van der Waals surface area contributed by atoms with Gasteiger partial charge in [-0.2, -0.15) is 5.10 Å².